The largest absolute Gasteiger partial charge is 0.295 e. The molecule has 3 saturated heterocycles. The third-order valence-corrected chi connectivity index (χ3v) is 46.4. The number of nitrogens with zero attached hydrogens (tertiary/aromatic N) is 3. The van der Waals surface area contributed by atoms with Gasteiger partial charge in [0.2, 0.25) is 0 Å². The first-order chi connectivity index (χ1) is 56.9. The van der Waals surface area contributed by atoms with E-state index >= 15 is 0 Å². The van der Waals surface area contributed by atoms with Gasteiger partial charge in [0.15, 0.2) is 6.71 Å². The van der Waals surface area contributed by atoms with Crippen molar-refractivity contribution < 1.29 is 0 Å². The number of hydrogen-bond donors (Lipinski definition) is 0. The molecule has 0 bridgehead atoms. The molecular formula is C116H200BN3. The zero-order valence-corrected chi connectivity index (χ0v) is 83.6. The lowest BCUT2D eigenvalue weighted by atomic mass is 9.18. The standard InChI is InChI=1S/C116H200BN3/c1-110(2,3)81-47-44-71(45-48-81)79-61-103-107-104(62-79)120(109-92(74-38-30-24-31-39-74)67-87(116(19,20)21)68-93(109)75-40-32-25-33-41-75)102-70-88(118-99-54-49-82(111(4,5)6)63-94(99)95-64-83(112(7,8)9)50-55-100(95)118)51-53-98(102)117(107)97-52-46-76(89-59-80-58-84(113(10,11)12)56-77-42-43-78-57-85(114(13,14)15)69-96(89)106(78)105(77)80)60-101(97)119(103)108-90(72-34-26-22-27-35-72)65-86(115(16,17)18)66-91(108)73-36-28-23-29-37-73/h71-109H,22-70H2,1-21H3. The highest BCUT2D eigenvalue weighted by molar-refractivity contribution is 6.65. The van der Waals surface area contributed by atoms with Gasteiger partial charge in [0.05, 0.1) is 0 Å². The van der Waals surface area contributed by atoms with E-state index in [1.54, 1.807) is 186 Å². The minimum absolute atomic E-state index is 0.369. The quantitative estimate of drug-likeness (QED) is 0.213. The maximum Gasteiger partial charge on any atom is 0.156 e. The molecule has 0 aromatic carbocycles. The summed E-state index contributed by atoms with van der Waals surface area (Å²) < 4.78 is 0. The van der Waals surface area contributed by atoms with Crippen molar-refractivity contribution in [2.45, 2.75) is 532 Å². The van der Waals surface area contributed by atoms with Crippen LogP contribution in [0.3, 0.4) is 0 Å². The second kappa shape index (κ2) is 34.2. The lowest BCUT2D eigenvalue weighted by Gasteiger charge is -2.73. The molecule has 3 aliphatic heterocycles. The molecule has 19 rings (SSSR count). The van der Waals surface area contributed by atoms with Crippen LogP contribution in [0, 0.1) is 198 Å². The highest BCUT2D eigenvalue weighted by atomic mass is 15.3. The number of hydrogen-bond acceptors (Lipinski definition) is 3. The van der Waals surface area contributed by atoms with Crippen molar-refractivity contribution in [2.75, 3.05) is 0 Å². The Balaban J connectivity index is 0.811. The van der Waals surface area contributed by atoms with Crippen molar-refractivity contribution in [3.8, 4) is 0 Å². The number of likely N-dealkylation sites (tertiary alicyclic amines) is 1. The van der Waals surface area contributed by atoms with Crippen LogP contribution in [0.15, 0.2) is 0 Å². The molecule has 0 N–H and O–H groups in total. The van der Waals surface area contributed by atoms with Gasteiger partial charge in [0.25, 0.3) is 0 Å². The van der Waals surface area contributed by atoms with Gasteiger partial charge in [-0.1, -0.05) is 293 Å². The van der Waals surface area contributed by atoms with Crippen LogP contribution in [0.25, 0.3) is 0 Å². The Morgan fingerprint density at radius 1 is 0.183 bits per heavy atom. The molecule has 0 aromatic heterocycles. The van der Waals surface area contributed by atoms with Crippen LogP contribution < -0.4 is 0 Å². The molecule has 3 heterocycles. The average molecular weight is 1650 g/mol. The van der Waals surface area contributed by atoms with Gasteiger partial charge in [-0.3, -0.25) is 14.7 Å². The summed E-state index contributed by atoms with van der Waals surface area (Å²) in [6, 6.07) is 7.16. The Kier molecular flexibility index (Phi) is 25.4. The van der Waals surface area contributed by atoms with Crippen molar-refractivity contribution in [2.24, 2.45) is 198 Å². The summed E-state index contributed by atoms with van der Waals surface area (Å²) in [7, 11) is 0. The van der Waals surface area contributed by atoms with Crippen LogP contribution in [0.2, 0.25) is 17.5 Å². The minimum Gasteiger partial charge on any atom is -0.295 e. The third kappa shape index (κ3) is 16.9. The molecule has 120 heavy (non-hydrogen) atoms. The van der Waals surface area contributed by atoms with Gasteiger partial charge in [-0.25, -0.2) is 0 Å². The summed E-state index contributed by atoms with van der Waals surface area (Å²) >= 11 is 0. The number of fused-ring (bicyclic) bond motifs is 7. The van der Waals surface area contributed by atoms with Crippen molar-refractivity contribution in [3.63, 3.8) is 0 Å². The van der Waals surface area contributed by atoms with Crippen LogP contribution >= 0.6 is 0 Å². The van der Waals surface area contributed by atoms with Crippen molar-refractivity contribution >= 4 is 6.71 Å². The SMILES string of the molecule is CC(C)(C)C1CCC(C2CC3C4B(C5CCC(C6CC7CC(C(C)(C)C)CC8CCC9CC(C(C)(C)C)CC6C9C87)CC5N3C3C(C5CCCCC5)CC(C(C)(C)C)CC3C3CCCCC3)C3CCC(N5C6CCC(C(C)(C)C)CC6C6CC(C(C)(C)C)CCC65)CC3N(C3C(C5CCCCC5)CC(C(C)(C)C)CC3C3CCCCC3)C4C2)CC1. The van der Waals surface area contributed by atoms with Gasteiger partial charge >= 0.3 is 0 Å². The second-order valence-electron chi connectivity index (χ2n) is 58.5. The van der Waals surface area contributed by atoms with E-state index in [4.69, 9.17) is 0 Å². The van der Waals surface area contributed by atoms with Gasteiger partial charge in [-0.2, -0.15) is 0 Å². The number of rotatable bonds is 9. The Labute approximate surface area is 746 Å². The molecule has 0 spiro atoms. The Morgan fingerprint density at radius 3 is 0.925 bits per heavy atom. The first kappa shape index (κ1) is 89.2. The van der Waals surface area contributed by atoms with Crippen LogP contribution in [-0.2, 0) is 0 Å². The van der Waals surface area contributed by atoms with Gasteiger partial charge in [-0.05, 0) is 382 Å². The van der Waals surface area contributed by atoms with E-state index in [0.717, 1.165) is 238 Å². The molecule has 19 aliphatic rings. The Bertz CT molecular complexity index is 3260. The van der Waals surface area contributed by atoms with Gasteiger partial charge < -0.3 is 0 Å². The van der Waals surface area contributed by atoms with Gasteiger partial charge in [0, 0.05) is 54.4 Å². The van der Waals surface area contributed by atoms with Gasteiger partial charge in [0.1, 0.15) is 0 Å². The predicted octanol–water partition coefficient (Wildman–Crippen LogP) is 32.1. The van der Waals surface area contributed by atoms with E-state index < -0.39 is 0 Å². The van der Waals surface area contributed by atoms with E-state index in [2.05, 4.69) is 160 Å². The summed E-state index contributed by atoms with van der Waals surface area (Å²) in [5, 5.41) is 0. The zero-order chi connectivity index (χ0) is 84.0. The van der Waals surface area contributed by atoms with Crippen LogP contribution in [-0.4, -0.2) is 75.8 Å². The first-order valence-electron chi connectivity index (χ1n) is 56.2. The maximum atomic E-state index is 4.08. The highest BCUT2D eigenvalue weighted by Gasteiger charge is 2.71. The topological polar surface area (TPSA) is 9.72 Å². The fourth-order valence-corrected chi connectivity index (χ4v) is 40.1. The smallest absolute Gasteiger partial charge is 0.156 e. The molecule has 4 heteroatoms. The van der Waals surface area contributed by atoms with E-state index in [-0.39, 0.29) is 0 Å². The average Bonchev–Trinajstić information content (AvgIpc) is 0.777. The van der Waals surface area contributed by atoms with Crippen molar-refractivity contribution in [1.29, 1.82) is 0 Å². The second-order valence-corrected chi connectivity index (χ2v) is 58.5. The van der Waals surface area contributed by atoms with E-state index in [0.29, 0.717) is 37.9 Å². The van der Waals surface area contributed by atoms with Gasteiger partial charge in [-0.15, -0.1) is 0 Å². The van der Waals surface area contributed by atoms with Crippen LogP contribution in [0.4, 0.5) is 0 Å². The lowest BCUT2D eigenvalue weighted by Crippen LogP contribution is -2.77. The highest BCUT2D eigenvalue weighted by Crippen LogP contribution is 2.73. The summed E-state index contributed by atoms with van der Waals surface area (Å²) in [6.07, 6.45) is 76.1. The molecule has 0 aromatic rings. The molecule has 19 fully saturated rings. The van der Waals surface area contributed by atoms with Crippen LogP contribution in [0.5, 0.6) is 0 Å². The minimum atomic E-state index is 0.369. The van der Waals surface area contributed by atoms with Crippen LogP contribution in [0.1, 0.15) is 460 Å². The third-order valence-electron chi connectivity index (χ3n) is 46.4. The summed E-state index contributed by atoms with van der Waals surface area (Å²) in [5.74, 6) is 27.7. The van der Waals surface area contributed by atoms with E-state index in [9.17, 15) is 0 Å². The predicted molar refractivity (Wildman–Crippen MR) is 513 cm³/mol. The first-order valence-corrected chi connectivity index (χ1v) is 56.2. The normalized spacial score (nSPS) is 48.1. The summed E-state index contributed by atoms with van der Waals surface area (Å²) in [6.45, 7) is 58.0. The molecule has 16 aliphatic carbocycles. The lowest BCUT2D eigenvalue weighted by molar-refractivity contribution is -0.161. The molecular weight excluding hydrogens is 1450 g/mol. The monoisotopic (exact) mass is 1650 g/mol. The van der Waals surface area contributed by atoms with Crippen molar-refractivity contribution in [3.05, 3.63) is 0 Å². The fraction of sp³-hybridized carbons (Fsp3) is 1.00. The Hall–Kier alpha value is -0.0551. The van der Waals surface area contributed by atoms with Crippen molar-refractivity contribution in [1.82, 2.24) is 14.7 Å². The molecule has 16 saturated carbocycles. The van der Waals surface area contributed by atoms with E-state index in [1.807, 2.05) is 0 Å². The Morgan fingerprint density at radius 2 is 0.508 bits per heavy atom. The molecule has 0 radical (unpaired) electrons. The molecule has 29 atom stereocenters. The molecule has 682 valence electrons. The summed E-state index contributed by atoms with van der Waals surface area (Å²) in [4.78, 5) is 11.8. The fourth-order valence-electron chi connectivity index (χ4n) is 40.1. The molecule has 0 amide bonds. The maximum absolute atomic E-state index is 4.08. The van der Waals surface area contributed by atoms with E-state index in [1.165, 1.54) is 128 Å². The molecule has 3 nitrogen and oxygen atoms in total. The molecule has 29 unspecified atom stereocenters. The summed E-state index contributed by atoms with van der Waals surface area (Å²) in [5.41, 5.74) is 2.81. The zero-order valence-electron chi connectivity index (χ0n) is 83.6.